The first kappa shape index (κ1) is 67.7. The quantitative estimate of drug-likeness (QED) is 0.0563. The number of piperazine rings is 2. The lowest BCUT2D eigenvalue weighted by atomic mass is 9.95. The van der Waals surface area contributed by atoms with E-state index in [4.69, 9.17) is 42.7 Å². The van der Waals surface area contributed by atoms with E-state index in [1.165, 1.54) is 73.3 Å². The third-order valence-corrected chi connectivity index (χ3v) is 23.3. The Bertz CT molecular complexity index is 4450. The molecule has 1 aliphatic carbocycles. The highest BCUT2D eigenvalue weighted by molar-refractivity contribution is 7.92. The van der Waals surface area contributed by atoms with Gasteiger partial charge in [-0.05, 0) is 86.8 Å². The van der Waals surface area contributed by atoms with Crippen molar-refractivity contribution in [3.63, 3.8) is 0 Å². The molecule has 4 aromatic carbocycles. The first-order chi connectivity index (χ1) is 46.1. The second-order valence-electron chi connectivity index (χ2n) is 24.0. The molecule has 29 heteroatoms. The summed E-state index contributed by atoms with van der Waals surface area (Å²) < 4.78 is 75.6. The van der Waals surface area contributed by atoms with E-state index in [2.05, 4.69) is 54.1 Å². The normalized spacial score (nSPS) is 20.5. The van der Waals surface area contributed by atoms with E-state index in [9.17, 15) is 40.9 Å². The van der Waals surface area contributed by atoms with E-state index in [0.717, 1.165) is 10.9 Å². The fourth-order valence-electron chi connectivity index (χ4n) is 12.3. The average Bonchev–Trinajstić information content (AvgIpc) is 0.950. The number of urea groups is 2. The van der Waals surface area contributed by atoms with Crippen LogP contribution in [0.15, 0.2) is 146 Å². The number of hydrogen-bond donors (Lipinski definition) is 2. The number of carbonyl (C=O) groups excluding carboxylic acids is 4. The zero-order valence-corrected chi connectivity index (χ0v) is 57.4. The molecular formula is C67H65Cl2F2N12O9PS3. The third-order valence-electron chi connectivity index (χ3n) is 17.3. The first-order valence-electron chi connectivity index (χ1n) is 30.7. The Morgan fingerprint density at radius 1 is 0.646 bits per heavy atom. The summed E-state index contributed by atoms with van der Waals surface area (Å²) >= 11 is 15.7. The number of thiazole rings is 2. The van der Waals surface area contributed by atoms with Crippen LogP contribution in [0.25, 0.3) is 0 Å². The number of carbonyl (C=O) groups is 4. The van der Waals surface area contributed by atoms with Gasteiger partial charge >= 0.3 is 24.0 Å². The van der Waals surface area contributed by atoms with Crippen LogP contribution in [0.3, 0.4) is 0 Å². The number of aromatic nitrogens is 2. The van der Waals surface area contributed by atoms with Crippen molar-refractivity contribution in [2.45, 2.75) is 47.2 Å². The smallest absolute Gasteiger partial charge is 0.338 e. The average molecular weight is 1420 g/mol. The van der Waals surface area contributed by atoms with Crippen LogP contribution in [0, 0.1) is 35.3 Å². The van der Waals surface area contributed by atoms with E-state index in [-0.39, 0.29) is 57.1 Å². The monoisotopic (exact) mass is 1420 g/mol. The number of methoxy groups -OCH3 is 2. The molecule has 2 N–H and O–H groups in total. The summed E-state index contributed by atoms with van der Waals surface area (Å²) in [6.07, 6.45) is 4.75. The van der Waals surface area contributed by atoms with Crippen LogP contribution in [0.2, 0.25) is 10.0 Å². The van der Waals surface area contributed by atoms with E-state index in [1.54, 1.807) is 59.8 Å². The number of esters is 2. The minimum atomic E-state index is -3.26. The van der Waals surface area contributed by atoms with Crippen molar-refractivity contribution in [3.05, 3.63) is 185 Å². The van der Waals surface area contributed by atoms with Crippen LogP contribution in [-0.2, 0) is 33.5 Å². The van der Waals surface area contributed by atoms with E-state index in [0.29, 0.717) is 140 Å². The van der Waals surface area contributed by atoms with Gasteiger partial charge in [-0.3, -0.25) is 19.8 Å². The number of rotatable bonds is 15. The van der Waals surface area contributed by atoms with Gasteiger partial charge in [0, 0.05) is 138 Å². The predicted molar refractivity (Wildman–Crippen MR) is 364 cm³/mol. The van der Waals surface area contributed by atoms with Gasteiger partial charge in [0.2, 0.25) is 0 Å². The van der Waals surface area contributed by atoms with Gasteiger partial charge in [-0.15, -0.1) is 22.7 Å². The number of sulfone groups is 1. The van der Waals surface area contributed by atoms with Crippen molar-refractivity contribution in [1.82, 2.24) is 50.0 Å². The SMILES string of the molecule is COC(=O)C1=C(CN2CCN3C(=O)N(CC#Cc4ccc(P(C)(C)=O)cc4)C[C@@H]3C2)NC(c2nccs2)=N[C@H]1c1ccc(F)cc1Cl.COC(=O)C1=C(CN2CCN3C(=O)N(CC#Cc4ccc(S(=O)(=O)C5CC5)cc4)C[C@@H]3C2)NC(c2nccs2)=N[C@H]1c1ccc(F)cc1Cl. The molecule has 5 fully saturated rings. The maximum atomic E-state index is 14.0. The Labute approximate surface area is 572 Å². The van der Waals surface area contributed by atoms with Crippen LogP contribution in [0.5, 0.6) is 0 Å². The Morgan fingerprint density at radius 2 is 1.08 bits per heavy atom. The third kappa shape index (κ3) is 15.0. The Hall–Kier alpha value is -8.30. The van der Waals surface area contributed by atoms with Crippen molar-refractivity contribution in [2.24, 2.45) is 9.98 Å². The number of amides is 4. The van der Waals surface area contributed by atoms with Gasteiger partial charge in [0.25, 0.3) is 0 Å². The maximum absolute atomic E-state index is 14.0. The molecule has 4 saturated heterocycles. The van der Waals surface area contributed by atoms with Gasteiger partial charge < -0.3 is 44.3 Å². The lowest BCUT2D eigenvalue weighted by Crippen LogP contribution is -2.53. The van der Waals surface area contributed by atoms with Gasteiger partial charge in [-0.1, -0.05) is 71.1 Å². The van der Waals surface area contributed by atoms with E-state index >= 15 is 0 Å². The molecule has 498 valence electrons. The molecule has 13 rings (SSSR count). The molecule has 4 atom stereocenters. The highest BCUT2D eigenvalue weighted by Gasteiger charge is 2.44. The van der Waals surface area contributed by atoms with Crippen molar-refractivity contribution >= 4 is 104 Å². The molecule has 96 heavy (non-hydrogen) atoms. The van der Waals surface area contributed by atoms with Gasteiger partial charge in [-0.25, -0.2) is 46.3 Å². The van der Waals surface area contributed by atoms with Crippen LogP contribution in [0.1, 0.15) is 57.2 Å². The van der Waals surface area contributed by atoms with Gasteiger partial charge in [0.1, 0.15) is 30.9 Å². The fraction of sp³-hybridized carbons (Fsp3) is 0.343. The Balaban J connectivity index is 0.000000184. The van der Waals surface area contributed by atoms with Crippen molar-refractivity contribution in [3.8, 4) is 23.7 Å². The maximum Gasteiger partial charge on any atom is 0.338 e. The first-order valence-corrected chi connectivity index (χ1v) is 37.4. The molecule has 4 amide bonds. The molecule has 0 spiro atoms. The van der Waals surface area contributed by atoms with Gasteiger partial charge in [0.15, 0.2) is 31.5 Å². The number of benzene rings is 4. The summed E-state index contributed by atoms with van der Waals surface area (Å²) in [4.78, 5) is 83.3. The number of halogens is 4. The highest BCUT2D eigenvalue weighted by Crippen LogP contribution is 2.40. The molecule has 6 aliphatic heterocycles. The molecule has 0 radical (unpaired) electrons. The van der Waals surface area contributed by atoms with E-state index in [1.807, 2.05) is 44.8 Å². The van der Waals surface area contributed by atoms with Crippen LogP contribution in [-0.4, -0.2) is 207 Å². The molecular weight excluding hydrogens is 1350 g/mol. The lowest BCUT2D eigenvalue weighted by Gasteiger charge is -2.38. The second kappa shape index (κ2) is 28.8. The molecule has 0 bridgehead atoms. The number of aliphatic imine (C=N–C) groups is 2. The number of hydrogen-bond acceptors (Lipinski definition) is 19. The van der Waals surface area contributed by atoms with Crippen LogP contribution < -0.4 is 15.9 Å². The second-order valence-corrected chi connectivity index (χ2v) is 32.1. The molecule has 21 nitrogen and oxygen atoms in total. The molecule has 2 aromatic heterocycles. The molecule has 6 aromatic rings. The van der Waals surface area contributed by atoms with Crippen LogP contribution in [0.4, 0.5) is 18.4 Å². The standard InChI is InChI=1S/C34H32ClFN6O5S2.C33H33ClFN6O4PS/c1-47-33(43)29-28(38-31(32-37-12-16-48-32)39-30(29)26-11-6-22(36)17-27(26)35)20-40-14-15-42-23(18-40)19-41(34(42)44)13-2-3-21-4-7-24(8-5-21)49(45,46)25-9-10-25;1-45-32(42)28-27(37-30(31-36-12-16-47-31)38-29(28)25-11-8-22(35)17-26(25)34)20-39-14-15-41-23(18-39)19-40(33(41)43)13-4-5-21-6-9-24(10-7-21)46(2,3)44/h4-8,11-12,16-17,23,25,30H,9-10,13-15,18-20H2,1H3,(H,38,39);6-12,16-17,23,29H,13-15,18-20H2,1-3H3,(H,37,38)/t23-,30-;23-,29-/m00/s1. The molecule has 8 heterocycles. The minimum Gasteiger partial charge on any atom is -0.466 e. The van der Waals surface area contributed by atoms with Gasteiger partial charge in [-0.2, -0.15) is 0 Å². The Kier molecular flexibility index (Phi) is 20.3. The summed E-state index contributed by atoms with van der Waals surface area (Å²) in [7, 11) is -2.99. The zero-order chi connectivity index (χ0) is 67.6. The Morgan fingerprint density at radius 3 is 1.47 bits per heavy atom. The fourth-order valence-corrected chi connectivity index (χ4v) is 16.5. The van der Waals surface area contributed by atoms with Crippen LogP contribution >= 0.6 is 53.0 Å². The topological polar surface area (TPSA) is 232 Å². The number of ether oxygens (including phenoxy) is 2. The minimum absolute atomic E-state index is 0.0494. The molecule has 1 saturated carbocycles. The van der Waals surface area contributed by atoms with Crippen molar-refractivity contribution in [2.75, 3.05) is 106 Å². The van der Waals surface area contributed by atoms with Gasteiger partial charge in [0.05, 0.1) is 60.7 Å². The summed E-state index contributed by atoms with van der Waals surface area (Å²) in [5.41, 5.74) is 4.09. The van der Waals surface area contributed by atoms with Crippen molar-refractivity contribution in [1.29, 1.82) is 0 Å². The summed E-state index contributed by atoms with van der Waals surface area (Å²) in [6, 6.07) is 20.0. The highest BCUT2D eigenvalue weighted by atomic mass is 35.5. The zero-order valence-electron chi connectivity index (χ0n) is 52.5. The number of nitrogens with zero attached hydrogens (tertiary/aromatic N) is 10. The lowest BCUT2D eigenvalue weighted by molar-refractivity contribution is -0.137. The number of fused-ring (bicyclic) bond motifs is 2. The summed E-state index contributed by atoms with van der Waals surface area (Å²) in [5, 5.41) is 12.4. The number of nitrogens with one attached hydrogen (secondary N) is 2. The van der Waals surface area contributed by atoms with E-state index < -0.39 is 52.6 Å². The molecule has 0 unspecified atom stereocenters. The predicted octanol–water partition coefficient (Wildman–Crippen LogP) is 8.04. The largest absolute Gasteiger partial charge is 0.466 e. The number of amidine groups is 2. The summed E-state index contributed by atoms with van der Waals surface area (Å²) in [6.45, 7) is 8.96. The van der Waals surface area contributed by atoms with Crippen molar-refractivity contribution < 1.29 is 50.4 Å². The summed E-state index contributed by atoms with van der Waals surface area (Å²) in [5.74, 6) is 11.1. The molecule has 7 aliphatic rings.